The molecule has 1 fully saturated rings. The van der Waals surface area contributed by atoms with Crippen molar-refractivity contribution in [2.75, 3.05) is 31.1 Å². The fourth-order valence-electron chi connectivity index (χ4n) is 3.59. The molecule has 6 heteroatoms. The summed E-state index contributed by atoms with van der Waals surface area (Å²) in [5, 5.41) is 0. The van der Waals surface area contributed by atoms with E-state index in [1.54, 1.807) is 18.6 Å². The van der Waals surface area contributed by atoms with Crippen molar-refractivity contribution in [3.63, 3.8) is 0 Å². The minimum absolute atomic E-state index is 0.170. The molecule has 142 valence electrons. The number of nitrogens with zero attached hydrogens (tertiary/aromatic N) is 5. The molecule has 3 aromatic rings. The standard InChI is InChI=1S/C22H23N5O/c28-21(26-12-14-27(15-13-26)22-24-10-5-11-25-22)20(19-7-2-1-3-8-19)16-18-6-4-9-23-17-18/h1-11,17,20H,12-16H2. The summed E-state index contributed by atoms with van der Waals surface area (Å²) in [5.41, 5.74) is 2.12. The van der Waals surface area contributed by atoms with Crippen LogP contribution in [-0.2, 0) is 11.2 Å². The molecule has 0 N–H and O–H groups in total. The first-order chi connectivity index (χ1) is 13.8. The van der Waals surface area contributed by atoms with Crippen molar-refractivity contribution in [1.82, 2.24) is 19.9 Å². The topological polar surface area (TPSA) is 62.2 Å². The summed E-state index contributed by atoms with van der Waals surface area (Å²) in [6.45, 7) is 2.83. The lowest BCUT2D eigenvalue weighted by Gasteiger charge is -2.36. The highest BCUT2D eigenvalue weighted by Gasteiger charge is 2.29. The van der Waals surface area contributed by atoms with Gasteiger partial charge < -0.3 is 9.80 Å². The lowest BCUT2D eigenvalue weighted by molar-refractivity contribution is -0.133. The molecule has 1 aliphatic rings. The van der Waals surface area contributed by atoms with Gasteiger partial charge in [-0.1, -0.05) is 36.4 Å². The fourth-order valence-corrected chi connectivity index (χ4v) is 3.59. The summed E-state index contributed by atoms with van der Waals surface area (Å²) < 4.78 is 0. The third kappa shape index (κ3) is 4.17. The van der Waals surface area contributed by atoms with Crippen LogP contribution in [0.2, 0.25) is 0 Å². The van der Waals surface area contributed by atoms with Gasteiger partial charge in [0.15, 0.2) is 0 Å². The summed E-state index contributed by atoms with van der Waals surface area (Å²) in [6, 6.07) is 15.8. The Morgan fingerprint density at radius 1 is 0.893 bits per heavy atom. The number of pyridine rings is 1. The van der Waals surface area contributed by atoms with Crippen molar-refractivity contribution in [3.05, 3.63) is 84.4 Å². The minimum Gasteiger partial charge on any atom is -0.339 e. The van der Waals surface area contributed by atoms with Gasteiger partial charge >= 0.3 is 0 Å². The van der Waals surface area contributed by atoms with Gasteiger partial charge in [-0.15, -0.1) is 0 Å². The molecule has 2 aromatic heterocycles. The van der Waals surface area contributed by atoms with Crippen molar-refractivity contribution in [2.45, 2.75) is 12.3 Å². The number of carbonyl (C=O) groups is 1. The van der Waals surface area contributed by atoms with Gasteiger partial charge in [-0.25, -0.2) is 9.97 Å². The van der Waals surface area contributed by atoms with Crippen LogP contribution in [0.1, 0.15) is 17.0 Å². The lowest BCUT2D eigenvalue weighted by Crippen LogP contribution is -2.50. The van der Waals surface area contributed by atoms with Crippen LogP contribution in [0, 0.1) is 0 Å². The average Bonchev–Trinajstić information content (AvgIpc) is 2.79. The molecule has 28 heavy (non-hydrogen) atoms. The van der Waals surface area contributed by atoms with E-state index in [2.05, 4.69) is 19.9 Å². The van der Waals surface area contributed by atoms with Gasteiger partial charge in [0.25, 0.3) is 0 Å². The van der Waals surface area contributed by atoms with Gasteiger partial charge in [-0.3, -0.25) is 9.78 Å². The van der Waals surface area contributed by atoms with Gasteiger partial charge in [-0.2, -0.15) is 0 Å². The Morgan fingerprint density at radius 2 is 1.64 bits per heavy atom. The van der Waals surface area contributed by atoms with Crippen LogP contribution >= 0.6 is 0 Å². The molecular formula is C22H23N5O. The normalized spacial score (nSPS) is 15.3. The SMILES string of the molecule is O=C(C(Cc1cccnc1)c1ccccc1)N1CCN(c2ncccn2)CC1. The quantitative estimate of drug-likeness (QED) is 0.688. The van der Waals surface area contributed by atoms with Crippen molar-refractivity contribution in [3.8, 4) is 0 Å². The van der Waals surface area contributed by atoms with Crippen LogP contribution in [0.15, 0.2) is 73.3 Å². The molecular weight excluding hydrogens is 350 g/mol. The van der Waals surface area contributed by atoms with E-state index in [4.69, 9.17) is 0 Å². The number of anilines is 1. The predicted octanol–water partition coefficient (Wildman–Crippen LogP) is 2.55. The first-order valence-corrected chi connectivity index (χ1v) is 9.56. The fraction of sp³-hybridized carbons (Fsp3) is 0.273. The van der Waals surface area contributed by atoms with Crippen molar-refractivity contribution in [2.24, 2.45) is 0 Å². The summed E-state index contributed by atoms with van der Waals surface area (Å²) in [4.78, 5) is 30.3. The first-order valence-electron chi connectivity index (χ1n) is 9.56. The van der Waals surface area contributed by atoms with E-state index in [-0.39, 0.29) is 11.8 Å². The van der Waals surface area contributed by atoms with E-state index < -0.39 is 0 Å². The van der Waals surface area contributed by atoms with E-state index in [1.165, 1.54) is 0 Å². The number of amides is 1. The number of carbonyl (C=O) groups excluding carboxylic acids is 1. The van der Waals surface area contributed by atoms with Crippen LogP contribution < -0.4 is 4.90 Å². The number of hydrogen-bond acceptors (Lipinski definition) is 5. The first kappa shape index (κ1) is 18.1. The highest BCUT2D eigenvalue weighted by Crippen LogP contribution is 2.24. The van der Waals surface area contributed by atoms with Crippen LogP contribution in [0.3, 0.4) is 0 Å². The number of piperazine rings is 1. The zero-order valence-corrected chi connectivity index (χ0v) is 15.7. The number of hydrogen-bond donors (Lipinski definition) is 0. The molecule has 0 bridgehead atoms. The molecule has 6 nitrogen and oxygen atoms in total. The third-order valence-electron chi connectivity index (χ3n) is 5.09. The van der Waals surface area contributed by atoms with Crippen molar-refractivity contribution in [1.29, 1.82) is 0 Å². The number of benzene rings is 1. The van der Waals surface area contributed by atoms with E-state index in [1.807, 2.05) is 59.6 Å². The maximum atomic E-state index is 13.4. The molecule has 1 unspecified atom stereocenters. The van der Waals surface area contributed by atoms with Gasteiger partial charge in [0, 0.05) is 51.0 Å². The second-order valence-corrected chi connectivity index (χ2v) is 6.89. The van der Waals surface area contributed by atoms with Gasteiger partial charge in [-0.05, 0) is 29.7 Å². The van der Waals surface area contributed by atoms with Crippen molar-refractivity contribution < 1.29 is 4.79 Å². The molecule has 0 aliphatic carbocycles. The van der Waals surface area contributed by atoms with Crippen LogP contribution in [0.5, 0.6) is 0 Å². The third-order valence-corrected chi connectivity index (χ3v) is 5.09. The van der Waals surface area contributed by atoms with E-state index in [9.17, 15) is 4.79 Å². The Morgan fingerprint density at radius 3 is 2.32 bits per heavy atom. The molecule has 1 aromatic carbocycles. The molecule has 3 heterocycles. The van der Waals surface area contributed by atoms with Crippen LogP contribution in [-0.4, -0.2) is 51.9 Å². The van der Waals surface area contributed by atoms with Crippen LogP contribution in [0.4, 0.5) is 5.95 Å². The Bertz CT molecular complexity index is 881. The Balaban J connectivity index is 1.48. The Labute approximate surface area is 164 Å². The largest absolute Gasteiger partial charge is 0.339 e. The van der Waals surface area contributed by atoms with Gasteiger partial charge in [0.1, 0.15) is 0 Å². The van der Waals surface area contributed by atoms with E-state index >= 15 is 0 Å². The monoisotopic (exact) mass is 373 g/mol. The number of rotatable bonds is 5. The van der Waals surface area contributed by atoms with Crippen molar-refractivity contribution >= 4 is 11.9 Å². The lowest BCUT2D eigenvalue weighted by atomic mass is 9.91. The molecule has 4 rings (SSSR count). The molecule has 0 spiro atoms. The van der Waals surface area contributed by atoms with Crippen LogP contribution in [0.25, 0.3) is 0 Å². The maximum absolute atomic E-state index is 13.4. The summed E-state index contributed by atoms with van der Waals surface area (Å²) in [5.74, 6) is 0.693. The second kappa shape index (κ2) is 8.61. The molecule has 0 saturated carbocycles. The van der Waals surface area contributed by atoms with Gasteiger partial charge in [0.2, 0.25) is 11.9 Å². The number of aromatic nitrogens is 3. The molecule has 1 amide bonds. The van der Waals surface area contributed by atoms with Gasteiger partial charge in [0.05, 0.1) is 5.92 Å². The molecule has 1 aliphatic heterocycles. The Kier molecular flexibility index (Phi) is 5.56. The summed E-state index contributed by atoms with van der Waals surface area (Å²) >= 11 is 0. The zero-order chi connectivity index (χ0) is 19.2. The summed E-state index contributed by atoms with van der Waals surface area (Å²) in [7, 11) is 0. The predicted molar refractivity (Wildman–Crippen MR) is 108 cm³/mol. The second-order valence-electron chi connectivity index (χ2n) is 6.89. The highest BCUT2D eigenvalue weighted by molar-refractivity contribution is 5.84. The Hall–Kier alpha value is -3.28. The zero-order valence-electron chi connectivity index (χ0n) is 15.7. The summed E-state index contributed by atoms with van der Waals surface area (Å²) in [6.07, 6.45) is 7.75. The maximum Gasteiger partial charge on any atom is 0.230 e. The van der Waals surface area contributed by atoms with E-state index in [0.29, 0.717) is 19.5 Å². The molecule has 0 radical (unpaired) electrons. The molecule has 1 atom stereocenters. The average molecular weight is 373 g/mol. The van der Waals surface area contributed by atoms with E-state index in [0.717, 1.165) is 30.2 Å². The molecule has 1 saturated heterocycles. The smallest absolute Gasteiger partial charge is 0.230 e. The highest BCUT2D eigenvalue weighted by atomic mass is 16.2. The minimum atomic E-state index is -0.204.